The van der Waals surface area contributed by atoms with Gasteiger partial charge in [-0.3, -0.25) is 4.79 Å². The number of rotatable bonds is 8. The van der Waals surface area contributed by atoms with Crippen LogP contribution in [0.25, 0.3) is 0 Å². The van der Waals surface area contributed by atoms with Gasteiger partial charge in [0, 0.05) is 25.3 Å². The molecule has 1 aliphatic heterocycles. The van der Waals surface area contributed by atoms with E-state index in [0.29, 0.717) is 30.4 Å². The van der Waals surface area contributed by atoms with E-state index in [1.165, 1.54) is 11.8 Å². The molecule has 1 aromatic rings. The second kappa shape index (κ2) is 10.4. The van der Waals surface area contributed by atoms with Crippen LogP contribution in [0, 0.1) is 0 Å². The van der Waals surface area contributed by atoms with E-state index in [1.807, 2.05) is 13.8 Å². The van der Waals surface area contributed by atoms with Gasteiger partial charge in [-0.1, -0.05) is 11.8 Å². The van der Waals surface area contributed by atoms with Crippen molar-refractivity contribution in [2.24, 2.45) is 7.05 Å². The molecule has 2 amide bonds. The van der Waals surface area contributed by atoms with Gasteiger partial charge >= 0.3 is 6.09 Å². The van der Waals surface area contributed by atoms with Crippen molar-refractivity contribution in [3.05, 3.63) is 5.82 Å². The topological polar surface area (TPSA) is 111 Å². The first-order valence-corrected chi connectivity index (χ1v) is 11.1. The zero-order valence-corrected chi connectivity index (χ0v) is 19.9. The number of alkyl carbamates (subject to hydrolysis) is 1. The molecule has 0 aromatic carbocycles. The third-order valence-corrected chi connectivity index (χ3v) is 5.95. The standard InChI is InChI=1S/C18H30N6O4S2/c1-7-27-17(29)30-12(8-9-13-20-21-22-23(13)6)10-24-11(2)14(15(24)25)19-16(26)28-18(3,4)5/h11-12,14H,7-10H2,1-6H3,(H,19,26)/t11-,12?,14-/m1/s1. The minimum absolute atomic E-state index is 0.00891. The van der Waals surface area contributed by atoms with Crippen molar-refractivity contribution in [2.45, 2.75) is 70.4 Å². The van der Waals surface area contributed by atoms with Gasteiger partial charge in [-0.05, 0) is 63.7 Å². The molecule has 3 atom stereocenters. The molecule has 0 saturated carbocycles. The third kappa shape index (κ3) is 6.79. The number of hydrogen-bond donors (Lipinski definition) is 1. The van der Waals surface area contributed by atoms with Gasteiger partial charge in [-0.2, -0.15) is 0 Å². The number of aryl methyl sites for hydroxylation is 2. The summed E-state index contributed by atoms with van der Waals surface area (Å²) in [5.74, 6) is 0.622. The van der Waals surface area contributed by atoms with Gasteiger partial charge in [0.2, 0.25) is 10.3 Å². The summed E-state index contributed by atoms with van der Waals surface area (Å²) in [6, 6.07) is -0.738. The fourth-order valence-electron chi connectivity index (χ4n) is 3.00. The zero-order chi connectivity index (χ0) is 22.5. The number of likely N-dealkylation sites (tertiary alicyclic amines) is 1. The Morgan fingerprint density at radius 1 is 1.40 bits per heavy atom. The molecule has 1 unspecified atom stereocenters. The molecule has 2 rings (SSSR count). The van der Waals surface area contributed by atoms with Crippen LogP contribution in [0.1, 0.15) is 46.9 Å². The minimum Gasteiger partial charge on any atom is -0.479 e. The molecule has 12 heteroatoms. The first-order valence-electron chi connectivity index (χ1n) is 9.86. The summed E-state index contributed by atoms with van der Waals surface area (Å²) in [6.07, 6.45) is 0.768. The van der Waals surface area contributed by atoms with Crippen molar-refractivity contribution < 1.29 is 19.1 Å². The second-order valence-electron chi connectivity index (χ2n) is 8.04. The van der Waals surface area contributed by atoms with Gasteiger partial charge in [0.15, 0.2) is 5.82 Å². The largest absolute Gasteiger partial charge is 0.479 e. The van der Waals surface area contributed by atoms with Gasteiger partial charge in [0.1, 0.15) is 11.6 Å². The molecule has 168 valence electrons. The lowest BCUT2D eigenvalue weighted by atomic mass is 9.96. The highest BCUT2D eigenvalue weighted by Gasteiger charge is 2.46. The van der Waals surface area contributed by atoms with Crippen molar-refractivity contribution in [2.75, 3.05) is 13.2 Å². The summed E-state index contributed by atoms with van der Waals surface area (Å²) in [5.41, 5.74) is -0.620. The van der Waals surface area contributed by atoms with Crippen LogP contribution in [0.3, 0.4) is 0 Å². The zero-order valence-electron chi connectivity index (χ0n) is 18.2. The lowest BCUT2D eigenvalue weighted by molar-refractivity contribution is -0.149. The van der Waals surface area contributed by atoms with Crippen LogP contribution in [0.2, 0.25) is 0 Å². The summed E-state index contributed by atoms with van der Waals surface area (Å²) < 4.78 is 12.7. The van der Waals surface area contributed by atoms with E-state index in [2.05, 4.69) is 20.8 Å². The normalized spacial score (nSPS) is 19.8. The van der Waals surface area contributed by atoms with Crippen LogP contribution >= 0.6 is 24.0 Å². The molecule has 1 N–H and O–H groups in total. The van der Waals surface area contributed by atoms with Gasteiger partial charge in [0.25, 0.3) is 0 Å². The molecule has 10 nitrogen and oxygen atoms in total. The van der Waals surface area contributed by atoms with Gasteiger partial charge < -0.3 is 19.7 Å². The van der Waals surface area contributed by atoms with E-state index in [0.717, 1.165) is 5.82 Å². The summed E-state index contributed by atoms with van der Waals surface area (Å²) >= 11 is 6.71. The van der Waals surface area contributed by atoms with Crippen LogP contribution in [0.4, 0.5) is 4.79 Å². The number of thioether (sulfide) groups is 1. The van der Waals surface area contributed by atoms with Crippen LogP contribution in [0.15, 0.2) is 0 Å². The fourth-order valence-corrected chi connectivity index (χ4v) is 4.46. The Balaban J connectivity index is 1.95. The number of ether oxygens (including phenoxy) is 2. The molecule has 30 heavy (non-hydrogen) atoms. The number of aromatic nitrogens is 4. The van der Waals surface area contributed by atoms with E-state index in [1.54, 1.807) is 37.4 Å². The predicted octanol–water partition coefficient (Wildman–Crippen LogP) is 1.69. The van der Waals surface area contributed by atoms with E-state index >= 15 is 0 Å². The molecule has 0 aliphatic carbocycles. The summed E-state index contributed by atoms with van der Waals surface area (Å²) in [5, 5.41) is 14.2. The van der Waals surface area contributed by atoms with E-state index in [4.69, 9.17) is 21.7 Å². The van der Waals surface area contributed by atoms with Gasteiger partial charge in [0.05, 0.1) is 12.6 Å². The minimum atomic E-state index is -0.620. The Hall–Kier alpha value is -1.95. The number of nitrogens with zero attached hydrogens (tertiary/aromatic N) is 5. The summed E-state index contributed by atoms with van der Waals surface area (Å²) in [4.78, 5) is 26.4. The molecular formula is C18H30N6O4S2. The number of carbonyl (C=O) groups excluding carboxylic acids is 2. The van der Waals surface area contributed by atoms with Crippen molar-refractivity contribution >= 4 is 40.4 Å². The van der Waals surface area contributed by atoms with Crippen molar-refractivity contribution in [3.63, 3.8) is 0 Å². The Kier molecular flexibility index (Phi) is 8.42. The number of nitrogens with one attached hydrogen (secondary N) is 1. The Morgan fingerprint density at radius 2 is 2.10 bits per heavy atom. The number of hydrogen-bond acceptors (Lipinski definition) is 9. The fraction of sp³-hybridized carbons (Fsp3) is 0.778. The molecule has 0 radical (unpaired) electrons. The molecule has 1 aliphatic rings. The number of tetrazole rings is 1. The highest BCUT2D eigenvalue weighted by Crippen LogP contribution is 2.27. The molecule has 1 saturated heterocycles. The quantitative estimate of drug-likeness (QED) is 0.459. The maximum Gasteiger partial charge on any atom is 0.408 e. The first kappa shape index (κ1) is 24.3. The molecule has 1 aromatic heterocycles. The monoisotopic (exact) mass is 458 g/mol. The van der Waals surface area contributed by atoms with Crippen LogP contribution in [0.5, 0.6) is 0 Å². The molecule has 1 fully saturated rings. The van der Waals surface area contributed by atoms with Crippen molar-refractivity contribution in [1.82, 2.24) is 30.4 Å². The van der Waals surface area contributed by atoms with Crippen molar-refractivity contribution in [1.29, 1.82) is 0 Å². The Labute approximate surface area is 186 Å². The van der Waals surface area contributed by atoms with E-state index in [-0.39, 0.29) is 17.2 Å². The molecule has 0 bridgehead atoms. The first-order chi connectivity index (χ1) is 14.0. The van der Waals surface area contributed by atoms with Crippen molar-refractivity contribution in [3.8, 4) is 0 Å². The maximum absolute atomic E-state index is 12.7. The number of carbonyl (C=O) groups is 2. The van der Waals surface area contributed by atoms with E-state index < -0.39 is 17.7 Å². The molecular weight excluding hydrogens is 428 g/mol. The van der Waals surface area contributed by atoms with Crippen LogP contribution in [-0.4, -0.2) is 77.6 Å². The maximum atomic E-state index is 12.7. The SMILES string of the molecule is CCOC(=S)SC(CCc1nnnn1C)CN1C(=O)[C@H](NC(=O)OC(C)(C)C)[C@H]1C. The Bertz CT molecular complexity index is 766. The van der Waals surface area contributed by atoms with Crippen LogP contribution in [-0.2, 0) is 27.7 Å². The number of amides is 2. The third-order valence-electron chi connectivity index (χ3n) is 4.52. The number of thiocarbonyl (C=S) groups is 1. The smallest absolute Gasteiger partial charge is 0.408 e. The average molecular weight is 459 g/mol. The van der Waals surface area contributed by atoms with E-state index in [9.17, 15) is 9.59 Å². The summed E-state index contributed by atoms with van der Waals surface area (Å²) in [7, 11) is 1.79. The lowest BCUT2D eigenvalue weighted by Gasteiger charge is -2.46. The summed E-state index contributed by atoms with van der Waals surface area (Å²) in [6.45, 7) is 10.1. The average Bonchev–Trinajstić information content (AvgIpc) is 3.05. The van der Waals surface area contributed by atoms with Gasteiger partial charge in [-0.15, -0.1) is 5.10 Å². The second-order valence-corrected chi connectivity index (χ2v) is 9.94. The lowest BCUT2D eigenvalue weighted by Crippen LogP contribution is -2.70. The van der Waals surface area contributed by atoms with Crippen LogP contribution < -0.4 is 5.32 Å². The molecule has 2 heterocycles. The van der Waals surface area contributed by atoms with Gasteiger partial charge in [-0.25, -0.2) is 9.48 Å². The number of β-lactam (4-membered cyclic amide) rings is 1. The molecule has 0 spiro atoms. The Morgan fingerprint density at radius 3 is 2.63 bits per heavy atom. The predicted molar refractivity (Wildman–Crippen MR) is 117 cm³/mol. The highest BCUT2D eigenvalue weighted by atomic mass is 32.2. The highest BCUT2D eigenvalue weighted by molar-refractivity contribution is 8.23.